The van der Waals surface area contributed by atoms with Crippen molar-refractivity contribution >= 4 is 11.6 Å². The fourth-order valence-corrected chi connectivity index (χ4v) is 3.53. The Kier molecular flexibility index (Phi) is 13.9. The van der Waals surface area contributed by atoms with Gasteiger partial charge >= 0.3 is 0 Å². The highest BCUT2D eigenvalue weighted by atomic mass is 16.5. The highest BCUT2D eigenvalue weighted by molar-refractivity contribution is 6.20. The van der Waals surface area contributed by atoms with E-state index >= 15 is 0 Å². The first kappa shape index (κ1) is 25.2. The van der Waals surface area contributed by atoms with Gasteiger partial charge in [0.25, 0.3) is 0 Å². The Morgan fingerprint density at radius 1 is 0.828 bits per heavy atom. The summed E-state index contributed by atoms with van der Waals surface area (Å²) in [6, 6.07) is 0. The van der Waals surface area contributed by atoms with Crippen LogP contribution in [0.25, 0.3) is 0 Å². The highest BCUT2D eigenvalue weighted by Gasteiger charge is 2.28. The predicted octanol–water partition coefficient (Wildman–Crippen LogP) is 6.91. The van der Waals surface area contributed by atoms with Gasteiger partial charge in [0, 0.05) is 11.6 Å². The largest absolute Gasteiger partial charge is 0.504 e. The topological polar surface area (TPSA) is 63.6 Å². The van der Waals surface area contributed by atoms with Crippen LogP contribution in [0.1, 0.15) is 104 Å². The minimum Gasteiger partial charge on any atom is -0.504 e. The summed E-state index contributed by atoms with van der Waals surface area (Å²) in [5.74, 6) is -1.22. The third-order valence-corrected chi connectivity index (χ3v) is 5.27. The van der Waals surface area contributed by atoms with Gasteiger partial charge in [-0.25, -0.2) is 0 Å². The molecule has 0 unspecified atom stereocenters. The quantitative estimate of drug-likeness (QED) is 0.162. The molecule has 1 aliphatic rings. The zero-order valence-electron chi connectivity index (χ0n) is 18.5. The lowest BCUT2D eigenvalue weighted by Gasteiger charge is -2.15. The van der Waals surface area contributed by atoms with E-state index in [4.69, 9.17) is 4.74 Å². The second-order valence-corrected chi connectivity index (χ2v) is 7.80. The Bertz CT molecular complexity index is 584. The first-order valence-corrected chi connectivity index (χ1v) is 11.6. The number of Topliss-reactive ketones (excluding diaryl/α,β-unsaturated/α-hetero) is 1. The van der Waals surface area contributed by atoms with Crippen LogP contribution in [0.4, 0.5) is 0 Å². The third-order valence-electron chi connectivity index (χ3n) is 5.27. The molecule has 0 saturated heterocycles. The number of hydrogen-bond acceptors (Lipinski definition) is 4. The lowest BCUT2D eigenvalue weighted by molar-refractivity contribution is -0.120. The first-order chi connectivity index (χ1) is 14.1. The van der Waals surface area contributed by atoms with Gasteiger partial charge in [-0.2, -0.15) is 0 Å². The van der Waals surface area contributed by atoms with E-state index in [0.29, 0.717) is 13.0 Å². The smallest absolute Gasteiger partial charge is 0.227 e. The Balaban J connectivity index is 2.05. The molecular weight excluding hydrogens is 364 g/mol. The molecule has 164 valence electrons. The van der Waals surface area contributed by atoms with E-state index in [0.717, 1.165) is 25.3 Å². The average Bonchev–Trinajstić information content (AvgIpc) is 2.71. The fraction of sp³-hybridized carbons (Fsp3) is 0.680. The van der Waals surface area contributed by atoms with E-state index in [1.165, 1.54) is 64.2 Å². The molecule has 0 aromatic carbocycles. The maximum Gasteiger partial charge on any atom is 0.227 e. The summed E-state index contributed by atoms with van der Waals surface area (Å²) in [5, 5.41) is 9.91. The first-order valence-electron chi connectivity index (χ1n) is 11.6. The lowest BCUT2D eigenvalue weighted by atomic mass is 9.94. The van der Waals surface area contributed by atoms with Gasteiger partial charge in [-0.1, -0.05) is 70.4 Å². The zero-order valence-corrected chi connectivity index (χ0v) is 18.5. The molecule has 0 heterocycles. The van der Waals surface area contributed by atoms with Gasteiger partial charge in [0.05, 0.1) is 6.61 Å². The molecule has 0 aromatic heterocycles. The number of hydrogen-bond donors (Lipinski definition) is 1. The van der Waals surface area contributed by atoms with Crippen molar-refractivity contribution in [1.29, 1.82) is 0 Å². The second kappa shape index (κ2) is 16.0. The molecule has 0 aromatic rings. The van der Waals surface area contributed by atoms with E-state index < -0.39 is 11.5 Å². The molecule has 1 aliphatic carbocycles. The summed E-state index contributed by atoms with van der Waals surface area (Å²) in [6.07, 6.45) is 21.8. The van der Waals surface area contributed by atoms with Crippen LogP contribution in [0.15, 0.2) is 35.3 Å². The Hall–Kier alpha value is -1.84. The van der Waals surface area contributed by atoms with Crippen LogP contribution in [0, 0.1) is 0 Å². The number of rotatable bonds is 17. The molecule has 0 atom stereocenters. The van der Waals surface area contributed by atoms with Crippen molar-refractivity contribution in [2.75, 3.05) is 6.61 Å². The minimum atomic E-state index is -0.530. The molecule has 0 bridgehead atoms. The number of ketones is 2. The van der Waals surface area contributed by atoms with Gasteiger partial charge in [-0.15, -0.1) is 0 Å². The number of allylic oxidation sites excluding steroid dienone is 4. The molecule has 0 saturated carbocycles. The van der Waals surface area contributed by atoms with Crippen molar-refractivity contribution in [1.82, 2.24) is 0 Å². The summed E-state index contributed by atoms with van der Waals surface area (Å²) in [7, 11) is 0. The number of unbranched alkanes of at least 4 members (excludes halogenated alkanes) is 11. The molecule has 29 heavy (non-hydrogen) atoms. The standard InChI is InChI=1S/C25H40O4/c1-3-5-6-7-8-9-10-11-12-13-14-15-16-17-18-19-21-24(27)22(26)20-23(25(21)28)29-4-2/h9-10,20,27H,3-8,11-19H2,1-2H3. The molecule has 0 aliphatic heterocycles. The van der Waals surface area contributed by atoms with Gasteiger partial charge in [0.15, 0.2) is 11.5 Å². The Morgan fingerprint density at radius 2 is 1.38 bits per heavy atom. The number of ether oxygens (including phenoxy) is 1. The van der Waals surface area contributed by atoms with Crippen molar-refractivity contribution in [3.8, 4) is 0 Å². The van der Waals surface area contributed by atoms with Crippen molar-refractivity contribution in [2.45, 2.75) is 104 Å². The predicted molar refractivity (Wildman–Crippen MR) is 119 cm³/mol. The van der Waals surface area contributed by atoms with Gasteiger partial charge in [-0.3, -0.25) is 9.59 Å². The SMILES string of the molecule is CCCCCCC=CCCCCCCCCCC1=C(O)C(=O)C=C(OCC)C1=O. The Labute approximate surface area is 177 Å². The molecule has 1 rings (SSSR count). The van der Waals surface area contributed by atoms with Crippen molar-refractivity contribution in [3.05, 3.63) is 35.3 Å². The summed E-state index contributed by atoms with van der Waals surface area (Å²) in [5.41, 5.74) is 0.211. The van der Waals surface area contributed by atoms with Gasteiger partial charge in [0.2, 0.25) is 11.6 Å². The summed E-state index contributed by atoms with van der Waals surface area (Å²) >= 11 is 0. The van der Waals surface area contributed by atoms with Crippen LogP contribution < -0.4 is 0 Å². The van der Waals surface area contributed by atoms with Gasteiger partial charge in [-0.05, 0) is 45.4 Å². The van der Waals surface area contributed by atoms with Gasteiger partial charge in [0.1, 0.15) is 0 Å². The minimum absolute atomic E-state index is 0.0558. The third kappa shape index (κ3) is 10.5. The number of carbonyl (C=O) groups is 2. The average molecular weight is 405 g/mol. The van der Waals surface area contributed by atoms with E-state index in [-0.39, 0.29) is 17.1 Å². The van der Waals surface area contributed by atoms with E-state index in [1.54, 1.807) is 6.92 Å². The van der Waals surface area contributed by atoms with Crippen LogP contribution >= 0.6 is 0 Å². The van der Waals surface area contributed by atoms with Crippen molar-refractivity contribution in [2.24, 2.45) is 0 Å². The van der Waals surface area contributed by atoms with Crippen LogP contribution in [0.5, 0.6) is 0 Å². The molecule has 4 heteroatoms. The fourth-order valence-electron chi connectivity index (χ4n) is 3.53. The number of carbonyl (C=O) groups excluding carboxylic acids is 2. The number of aliphatic hydroxyl groups is 1. The number of aliphatic hydroxyl groups excluding tert-OH is 1. The van der Waals surface area contributed by atoms with E-state index in [9.17, 15) is 14.7 Å². The molecular formula is C25H40O4. The van der Waals surface area contributed by atoms with Crippen molar-refractivity contribution in [3.63, 3.8) is 0 Å². The second-order valence-electron chi connectivity index (χ2n) is 7.80. The van der Waals surface area contributed by atoms with Crippen LogP contribution in [-0.4, -0.2) is 23.3 Å². The monoisotopic (exact) mass is 404 g/mol. The zero-order chi connectivity index (χ0) is 21.3. The van der Waals surface area contributed by atoms with Crippen LogP contribution in [0.3, 0.4) is 0 Å². The highest BCUT2D eigenvalue weighted by Crippen LogP contribution is 2.23. The van der Waals surface area contributed by atoms with E-state index in [2.05, 4.69) is 19.1 Å². The lowest BCUT2D eigenvalue weighted by Crippen LogP contribution is -2.21. The molecule has 0 radical (unpaired) electrons. The molecule has 1 N–H and O–H groups in total. The molecule has 0 fully saturated rings. The van der Waals surface area contributed by atoms with E-state index in [1.807, 2.05) is 0 Å². The summed E-state index contributed by atoms with van der Waals surface area (Å²) < 4.78 is 5.21. The normalized spacial score (nSPS) is 14.8. The molecule has 0 amide bonds. The van der Waals surface area contributed by atoms with Crippen LogP contribution in [0.2, 0.25) is 0 Å². The summed E-state index contributed by atoms with van der Waals surface area (Å²) in [4.78, 5) is 24.1. The molecule has 0 spiro atoms. The molecule has 4 nitrogen and oxygen atoms in total. The van der Waals surface area contributed by atoms with Gasteiger partial charge < -0.3 is 9.84 Å². The maximum absolute atomic E-state index is 12.3. The summed E-state index contributed by atoms with van der Waals surface area (Å²) in [6.45, 7) is 4.34. The Morgan fingerprint density at radius 3 is 1.97 bits per heavy atom. The van der Waals surface area contributed by atoms with Crippen LogP contribution in [-0.2, 0) is 14.3 Å². The maximum atomic E-state index is 12.3. The van der Waals surface area contributed by atoms with Crippen molar-refractivity contribution < 1.29 is 19.4 Å².